The molecule has 102 valence electrons. The third-order valence-electron chi connectivity index (χ3n) is 5.33. The summed E-state index contributed by atoms with van der Waals surface area (Å²) in [7, 11) is 0. The number of rotatable bonds is 1. The predicted octanol–water partition coefficient (Wildman–Crippen LogP) is 2.12. The molecular formula is C16H21NO2. The molecule has 4 rings (SSSR count). The van der Waals surface area contributed by atoms with Crippen LogP contribution in [0.25, 0.3) is 0 Å². The van der Waals surface area contributed by atoms with Gasteiger partial charge in [-0.25, -0.2) is 0 Å². The normalized spacial score (nSPS) is 40.6. The summed E-state index contributed by atoms with van der Waals surface area (Å²) in [5.41, 5.74) is 0.960. The zero-order chi connectivity index (χ0) is 12.8. The summed E-state index contributed by atoms with van der Waals surface area (Å²) in [6, 6.07) is 8.32. The second-order valence-electron chi connectivity index (χ2n) is 6.25. The summed E-state index contributed by atoms with van der Waals surface area (Å²) >= 11 is 0. The van der Waals surface area contributed by atoms with Crippen LogP contribution in [0.2, 0.25) is 0 Å². The quantitative estimate of drug-likeness (QED) is 0.811. The van der Waals surface area contributed by atoms with E-state index in [4.69, 9.17) is 4.74 Å². The van der Waals surface area contributed by atoms with Crippen LogP contribution >= 0.6 is 0 Å². The lowest BCUT2D eigenvalue weighted by molar-refractivity contribution is 0.0231. The second-order valence-corrected chi connectivity index (χ2v) is 6.25. The number of hydrogen-bond acceptors (Lipinski definition) is 3. The maximum atomic E-state index is 10.7. The van der Waals surface area contributed by atoms with Gasteiger partial charge in [-0.15, -0.1) is 0 Å². The Labute approximate surface area is 114 Å². The molecule has 1 saturated carbocycles. The van der Waals surface area contributed by atoms with Gasteiger partial charge in [-0.3, -0.25) is 0 Å². The molecule has 2 heterocycles. The van der Waals surface area contributed by atoms with E-state index >= 15 is 0 Å². The van der Waals surface area contributed by atoms with Gasteiger partial charge >= 0.3 is 0 Å². The van der Waals surface area contributed by atoms with Gasteiger partial charge in [0, 0.05) is 17.5 Å². The highest BCUT2D eigenvalue weighted by Gasteiger charge is 2.46. The van der Waals surface area contributed by atoms with Crippen molar-refractivity contribution in [2.24, 2.45) is 17.8 Å². The molecule has 3 nitrogen and oxygen atoms in total. The van der Waals surface area contributed by atoms with Crippen LogP contribution in [0.3, 0.4) is 0 Å². The number of nitrogens with one attached hydrogen (secondary N) is 1. The Hall–Kier alpha value is -1.06. The predicted molar refractivity (Wildman–Crippen MR) is 73.0 cm³/mol. The molecule has 0 bridgehead atoms. The van der Waals surface area contributed by atoms with Crippen LogP contribution in [0.4, 0.5) is 0 Å². The van der Waals surface area contributed by atoms with Crippen LogP contribution in [-0.4, -0.2) is 24.3 Å². The molecule has 1 aromatic carbocycles. The van der Waals surface area contributed by atoms with E-state index in [2.05, 4.69) is 5.32 Å². The van der Waals surface area contributed by atoms with Crippen molar-refractivity contribution in [3.8, 4) is 5.75 Å². The van der Waals surface area contributed by atoms with E-state index < -0.39 is 0 Å². The van der Waals surface area contributed by atoms with Gasteiger partial charge in [-0.05, 0) is 37.3 Å². The number of aliphatic hydroxyl groups is 1. The largest absolute Gasteiger partial charge is 0.493 e. The van der Waals surface area contributed by atoms with E-state index in [1.807, 2.05) is 24.3 Å². The van der Waals surface area contributed by atoms with Crippen molar-refractivity contribution in [1.82, 2.24) is 5.32 Å². The average molecular weight is 259 g/mol. The van der Waals surface area contributed by atoms with Crippen LogP contribution in [-0.2, 0) is 0 Å². The van der Waals surface area contributed by atoms with Gasteiger partial charge in [0.15, 0.2) is 0 Å². The van der Waals surface area contributed by atoms with E-state index in [1.165, 1.54) is 19.3 Å². The first-order valence-corrected chi connectivity index (χ1v) is 7.48. The lowest BCUT2D eigenvalue weighted by Crippen LogP contribution is -2.43. The fraction of sp³-hybridized carbons (Fsp3) is 0.625. The number of aliphatic hydroxyl groups excluding tert-OH is 1. The molecule has 0 amide bonds. The van der Waals surface area contributed by atoms with E-state index in [0.29, 0.717) is 12.6 Å². The van der Waals surface area contributed by atoms with Crippen LogP contribution in [0, 0.1) is 17.8 Å². The van der Waals surface area contributed by atoms with Crippen molar-refractivity contribution in [1.29, 1.82) is 0 Å². The van der Waals surface area contributed by atoms with Crippen LogP contribution in [0.5, 0.6) is 5.75 Å². The molecule has 1 saturated heterocycles. The Morgan fingerprint density at radius 3 is 3.00 bits per heavy atom. The first kappa shape index (κ1) is 11.7. The van der Waals surface area contributed by atoms with Crippen molar-refractivity contribution in [3.63, 3.8) is 0 Å². The molecule has 1 aliphatic carbocycles. The first-order chi connectivity index (χ1) is 9.34. The summed E-state index contributed by atoms with van der Waals surface area (Å²) in [5.74, 6) is 2.62. The topological polar surface area (TPSA) is 41.5 Å². The highest BCUT2D eigenvalue weighted by molar-refractivity contribution is 5.37. The SMILES string of the molecule is OC1c2ccccc2OCC1C1NCC2CCCC21. The number of ether oxygens (including phenoxy) is 1. The summed E-state index contributed by atoms with van der Waals surface area (Å²) in [6.45, 7) is 1.76. The minimum atomic E-state index is -0.387. The fourth-order valence-corrected chi connectivity index (χ4v) is 4.36. The summed E-state index contributed by atoms with van der Waals surface area (Å²) < 4.78 is 5.87. The van der Waals surface area contributed by atoms with Crippen molar-refractivity contribution < 1.29 is 9.84 Å². The summed E-state index contributed by atoms with van der Waals surface area (Å²) in [5, 5.41) is 14.3. The highest BCUT2D eigenvalue weighted by atomic mass is 16.5. The van der Waals surface area contributed by atoms with E-state index in [0.717, 1.165) is 29.7 Å². The van der Waals surface area contributed by atoms with Crippen LogP contribution < -0.4 is 10.1 Å². The maximum absolute atomic E-state index is 10.7. The van der Waals surface area contributed by atoms with Crippen molar-refractivity contribution in [2.75, 3.05) is 13.2 Å². The smallest absolute Gasteiger partial charge is 0.125 e. The van der Waals surface area contributed by atoms with Gasteiger partial charge in [-0.2, -0.15) is 0 Å². The van der Waals surface area contributed by atoms with Crippen LogP contribution in [0.15, 0.2) is 24.3 Å². The van der Waals surface area contributed by atoms with Gasteiger partial charge in [0.2, 0.25) is 0 Å². The van der Waals surface area contributed by atoms with Gasteiger partial charge < -0.3 is 15.2 Å². The van der Waals surface area contributed by atoms with Crippen molar-refractivity contribution in [3.05, 3.63) is 29.8 Å². The zero-order valence-electron chi connectivity index (χ0n) is 11.1. The Balaban J connectivity index is 1.60. The first-order valence-electron chi connectivity index (χ1n) is 7.48. The monoisotopic (exact) mass is 259 g/mol. The minimum Gasteiger partial charge on any atom is -0.493 e. The Morgan fingerprint density at radius 1 is 1.16 bits per heavy atom. The molecule has 3 heteroatoms. The molecule has 5 atom stereocenters. The van der Waals surface area contributed by atoms with Gasteiger partial charge in [-0.1, -0.05) is 24.6 Å². The second kappa shape index (κ2) is 4.50. The lowest BCUT2D eigenvalue weighted by atomic mass is 9.80. The summed E-state index contributed by atoms with van der Waals surface area (Å²) in [6.07, 6.45) is 3.64. The Morgan fingerprint density at radius 2 is 2.05 bits per heavy atom. The molecule has 2 fully saturated rings. The third-order valence-corrected chi connectivity index (χ3v) is 5.33. The van der Waals surface area contributed by atoms with E-state index in [1.54, 1.807) is 0 Å². The summed E-state index contributed by atoms with van der Waals surface area (Å²) in [4.78, 5) is 0. The van der Waals surface area contributed by atoms with Gasteiger partial charge in [0.25, 0.3) is 0 Å². The molecule has 1 aromatic rings. The molecule has 2 aliphatic heterocycles. The molecule has 0 aromatic heterocycles. The number of benzene rings is 1. The molecule has 19 heavy (non-hydrogen) atoms. The Bertz CT molecular complexity index is 476. The maximum Gasteiger partial charge on any atom is 0.125 e. The molecular weight excluding hydrogens is 238 g/mol. The molecule has 0 radical (unpaired) electrons. The molecule has 5 unspecified atom stereocenters. The van der Waals surface area contributed by atoms with Crippen LogP contribution in [0.1, 0.15) is 30.9 Å². The third kappa shape index (κ3) is 1.79. The molecule has 0 spiro atoms. The zero-order valence-corrected chi connectivity index (χ0v) is 11.1. The minimum absolute atomic E-state index is 0.197. The Kier molecular flexibility index (Phi) is 2.78. The van der Waals surface area contributed by atoms with Crippen molar-refractivity contribution >= 4 is 0 Å². The number of fused-ring (bicyclic) bond motifs is 2. The lowest BCUT2D eigenvalue weighted by Gasteiger charge is -2.36. The number of hydrogen-bond donors (Lipinski definition) is 2. The molecule has 3 aliphatic rings. The van der Waals surface area contributed by atoms with Gasteiger partial charge in [0.05, 0.1) is 12.7 Å². The van der Waals surface area contributed by atoms with E-state index in [-0.39, 0.29) is 12.0 Å². The van der Waals surface area contributed by atoms with Gasteiger partial charge in [0.1, 0.15) is 5.75 Å². The fourth-order valence-electron chi connectivity index (χ4n) is 4.36. The highest BCUT2D eigenvalue weighted by Crippen LogP contribution is 2.45. The average Bonchev–Trinajstić information content (AvgIpc) is 3.03. The van der Waals surface area contributed by atoms with Crippen molar-refractivity contribution in [2.45, 2.75) is 31.4 Å². The van der Waals surface area contributed by atoms with E-state index in [9.17, 15) is 5.11 Å². The standard InChI is InChI=1S/C16H21NO2/c18-16-12-5-1-2-7-14(12)19-9-13(16)15-11-6-3-4-10(11)8-17-15/h1-2,5,7,10-11,13,15-18H,3-4,6,8-9H2. The molecule has 2 N–H and O–H groups in total. The number of para-hydroxylation sites is 1.